The Labute approximate surface area is 129 Å². The largest absolute Gasteiger partial charge is 0.478 e. The van der Waals surface area contributed by atoms with Gasteiger partial charge in [-0.15, -0.1) is 0 Å². The number of aromatic carboxylic acids is 1. The maximum absolute atomic E-state index is 12.8. The van der Waals surface area contributed by atoms with Gasteiger partial charge in [0.25, 0.3) is 0 Å². The zero-order valence-electron chi connectivity index (χ0n) is 12.1. The van der Waals surface area contributed by atoms with E-state index in [9.17, 15) is 13.2 Å². The van der Waals surface area contributed by atoms with E-state index in [0.29, 0.717) is 19.8 Å². The lowest BCUT2D eigenvalue weighted by atomic mass is 10.1. The highest BCUT2D eigenvalue weighted by atomic mass is 32.2. The van der Waals surface area contributed by atoms with Crippen molar-refractivity contribution >= 4 is 16.0 Å². The summed E-state index contributed by atoms with van der Waals surface area (Å²) >= 11 is 0. The molecule has 2 aliphatic rings. The quantitative estimate of drug-likeness (QED) is 0.858. The minimum Gasteiger partial charge on any atom is -0.478 e. The molecular formula is C15H19NO5S. The third-order valence-corrected chi connectivity index (χ3v) is 6.06. The molecule has 1 atom stereocenters. The molecule has 22 heavy (non-hydrogen) atoms. The van der Waals surface area contributed by atoms with E-state index in [1.165, 1.54) is 24.3 Å². The van der Waals surface area contributed by atoms with Gasteiger partial charge in [-0.1, -0.05) is 0 Å². The summed E-state index contributed by atoms with van der Waals surface area (Å²) in [5, 5.41) is 8.90. The molecule has 1 heterocycles. The highest BCUT2D eigenvalue weighted by Gasteiger charge is 2.39. The van der Waals surface area contributed by atoms with Crippen molar-refractivity contribution in [1.82, 2.24) is 4.31 Å². The average Bonchev–Trinajstić information content (AvgIpc) is 3.20. The summed E-state index contributed by atoms with van der Waals surface area (Å²) in [4.78, 5) is 11.0. The molecule has 0 aromatic heterocycles. The third kappa shape index (κ3) is 3.16. The Bertz CT molecular complexity index is 645. The van der Waals surface area contributed by atoms with Crippen LogP contribution in [-0.2, 0) is 14.8 Å². The molecule has 1 aliphatic heterocycles. The Morgan fingerprint density at radius 3 is 2.41 bits per heavy atom. The number of carboxylic acids is 1. The Hall–Kier alpha value is -1.44. The second-order valence-electron chi connectivity index (χ2n) is 5.87. The first-order valence-electron chi connectivity index (χ1n) is 7.41. The fraction of sp³-hybridized carbons (Fsp3) is 0.533. The van der Waals surface area contributed by atoms with Crippen LogP contribution < -0.4 is 0 Å². The van der Waals surface area contributed by atoms with Crippen LogP contribution in [0.15, 0.2) is 29.2 Å². The van der Waals surface area contributed by atoms with Crippen LogP contribution in [0.1, 0.15) is 29.6 Å². The summed E-state index contributed by atoms with van der Waals surface area (Å²) in [7, 11) is -3.58. The van der Waals surface area contributed by atoms with Crippen LogP contribution in [0, 0.1) is 5.92 Å². The van der Waals surface area contributed by atoms with Gasteiger partial charge in [0, 0.05) is 19.2 Å². The molecule has 1 aliphatic carbocycles. The Morgan fingerprint density at radius 1 is 1.23 bits per heavy atom. The monoisotopic (exact) mass is 325 g/mol. The van der Waals surface area contributed by atoms with Crippen LogP contribution in [0.5, 0.6) is 0 Å². The van der Waals surface area contributed by atoms with Crippen LogP contribution in [-0.4, -0.2) is 49.6 Å². The van der Waals surface area contributed by atoms with E-state index in [0.717, 1.165) is 19.3 Å². The summed E-state index contributed by atoms with van der Waals surface area (Å²) < 4.78 is 32.5. The standard InChI is InChI=1S/C15H19NO5S/c17-15(18)12-1-5-14(6-2-12)22(19,20)16(13-3-4-13)9-11-7-8-21-10-11/h1-2,5-6,11,13H,3-4,7-10H2,(H,17,18)/t11-/m0/s1. The van der Waals surface area contributed by atoms with Crippen molar-refractivity contribution in [1.29, 1.82) is 0 Å². The zero-order valence-corrected chi connectivity index (χ0v) is 13.0. The van der Waals surface area contributed by atoms with E-state index in [-0.39, 0.29) is 22.4 Å². The summed E-state index contributed by atoms with van der Waals surface area (Å²) in [6.07, 6.45) is 2.66. The summed E-state index contributed by atoms with van der Waals surface area (Å²) in [5.41, 5.74) is 0.0844. The van der Waals surface area contributed by atoms with Crippen molar-refractivity contribution in [2.24, 2.45) is 5.92 Å². The smallest absolute Gasteiger partial charge is 0.335 e. The first-order chi connectivity index (χ1) is 10.5. The lowest BCUT2D eigenvalue weighted by Crippen LogP contribution is -2.37. The van der Waals surface area contributed by atoms with Gasteiger partial charge in [0.2, 0.25) is 10.0 Å². The summed E-state index contributed by atoms with van der Waals surface area (Å²) in [6.45, 7) is 1.78. The molecule has 0 amide bonds. The molecular weight excluding hydrogens is 306 g/mol. The fourth-order valence-corrected chi connectivity index (χ4v) is 4.45. The van der Waals surface area contributed by atoms with Gasteiger partial charge < -0.3 is 9.84 Å². The molecule has 1 N–H and O–H groups in total. The molecule has 1 aromatic rings. The van der Waals surface area contributed by atoms with Gasteiger partial charge in [0.15, 0.2) is 0 Å². The second-order valence-corrected chi connectivity index (χ2v) is 7.76. The molecule has 1 saturated carbocycles. The SMILES string of the molecule is O=C(O)c1ccc(S(=O)(=O)N(C[C@@H]2CCOC2)C2CC2)cc1. The number of carbonyl (C=O) groups is 1. The lowest BCUT2D eigenvalue weighted by Gasteiger charge is -2.24. The van der Waals surface area contributed by atoms with E-state index in [4.69, 9.17) is 9.84 Å². The van der Waals surface area contributed by atoms with Gasteiger partial charge in [-0.05, 0) is 49.4 Å². The van der Waals surface area contributed by atoms with Crippen LogP contribution in [0.25, 0.3) is 0 Å². The number of hydrogen-bond donors (Lipinski definition) is 1. The van der Waals surface area contributed by atoms with Crippen molar-refractivity contribution < 1.29 is 23.1 Å². The van der Waals surface area contributed by atoms with E-state index in [2.05, 4.69) is 0 Å². The van der Waals surface area contributed by atoms with Gasteiger partial charge in [-0.2, -0.15) is 4.31 Å². The minimum atomic E-state index is -3.58. The van der Waals surface area contributed by atoms with Gasteiger partial charge in [-0.3, -0.25) is 0 Å². The Balaban J connectivity index is 1.83. The average molecular weight is 325 g/mol. The molecule has 0 radical (unpaired) electrons. The van der Waals surface area contributed by atoms with Crippen molar-refractivity contribution in [3.63, 3.8) is 0 Å². The van der Waals surface area contributed by atoms with Crippen LogP contribution in [0.4, 0.5) is 0 Å². The predicted octanol–water partition coefficient (Wildman–Crippen LogP) is 1.57. The van der Waals surface area contributed by atoms with Crippen LogP contribution in [0.2, 0.25) is 0 Å². The van der Waals surface area contributed by atoms with E-state index >= 15 is 0 Å². The van der Waals surface area contributed by atoms with Crippen LogP contribution >= 0.6 is 0 Å². The molecule has 0 bridgehead atoms. The number of ether oxygens (including phenoxy) is 1. The first-order valence-corrected chi connectivity index (χ1v) is 8.85. The lowest BCUT2D eigenvalue weighted by molar-refractivity contribution is 0.0696. The van der Waals surface area contributed by atoms with Crippen LogP contribution in [0.3, 0.4) is 0 Å². The minimum absolute atomic E-state index is 0.0738. The molecule has 3 rings (SSSR count). The van der Waals surface area contributed by atoms with E-state index in [1.54, 1.807) is 4.31 Å². The summed E-state index contributed by atoms with van der Waals surface area (Å²) in [5.74, 6) is -0.820. The van der Waals surface area contributed by atoms with Crippen molar-refractivity contribution in [2.75, 3.05) is 19.8 Å². The number of carboxylic acid groups (broad SMARTS) is 1. The highest BCUT2D eigenvalue weighted by molar-refractivity contribution is 7.89. The number of benzene rings is 1. The van der Waals surface area contributed by atoms with Gasteiger partial charge in [0.05, 0.1) is 17.1 Å². The maximum atomic E-state index is 12.8. The molecule has 7 heteroatoms. The van der Waals surface area contributed by atoms with Gasteiger partial charge >= 0.3 is 5.97 Å². The molecule has 6 nitrogen and oxygen atoms in total. The number of nitrogens with zero attached hydrogens (tertiary/aromatic N) is 1. The zero-order chi connectivity index (χ0) is 15.7. The number of hydrogen-bond acceptors (Lipinski definition) is 4. The molecule has 120 valence electrons. The molecule has 1 aromatic carbocycles. The Kier molecular flexibility index (Phi) is 4.20. The van der Waals surface area contributed by atoms with Gasteiger partial charge in [0.1, 0.15) is 0 Å². The maximum Gasteiger partial charge on any atom is 0.335 e. The predicted molar refractivity (Wildman–Crippen MR) is 79.2 cm³/mol. The molecule has 0 spiro atoms. The number of sulfonamides is 1. The third-order valence-electron chi connectivity index (χ3n) is 4.12. The van der Waals surface area contributed by atoms with Crippen molar-refractivity contribution in [3.8, 4) is 0 Å². The van der Waals surface area contributed by atoms with E-state index < -0.39 is 16.0 Å². The van der Waals surface area contributed by atoms with E-state index in [1.807, 2.05) is 0 Å². The fourth-order valence-electron chi connectivity index (χ4n) is 2.69. The summed E-state index contributed by atoms with van der Waals surface area (Å²) in [6, 6.07) is 5.49. The number of rotatable bonds is 6. The van der Waals surface area contributed by atoms with Gasteiger partial charge in [-0.25, -0.2) is 13.2 Å². The molecule has 2 fully saturated rings. The topological polar surface area (TPSA) is 83.9 Å². The van der Waals surface area contributed by atoms with Crippen molar-refractivity contribution in [3.05, 3.63) is 29.8 Å². The first kappa shape index (κ1) is 15.5. The molecule has 0 unspecified atom stereocenters. The van der Waals surface area contributed by atoms with Crippen molar-refractivity contribution in [2.45, 2.75) is 30.2 Å². The second kappa shape index (κ2) is 5.98. The Morgan fingerprint density at radius 2 is 1.91 bits per heavy atom. The normalized spacial score (nSPS) is 22.1. The highest BCUT2D eigenvalue weighted by Crippen LogP contribution is 2.33. The molecule has 1 saturated heterocycles.